The number of amides is 2. The summed E-state index contributed by atoms with van der Waals surface area (Å²) in [5.74, 6) is 3.10. The van der Waals surface area contributed by atoms with E-state index < -0.39 is 0 Å². The minimum atomic E-state index is -0.145. The molecule has 9 heteroatoms. The molecule has 0 atom stereocenters. The van der Waals surface area contributed by atoms with Crippen LogP contribution >= 0.6 is 0 Å². The molecule has 246 valence electrons. The lowest BCUT2D eigenvalue weighted by molar-refractivity contribution is -0.132. The fraction of sp³-hybridized carbons (Fsp3) is 0.342. The van der Waals surface area contributed by atoms with Gasteiger partial charge in [-0.15, -0.1) is 0 Å². The van der Waals surface area contributed by atoms with E-state index in [1.807, 2.05) is 84.6 Å². The molecule has 1 saturated heterocycles. The van der Waals surface area contributed by atoms with E-state index in [-0.39, 0.29) is 11.8 Å². The van der Waals surface area contributed by atoms with Gasteiger partial charge in [-0.1, -0.05) is 37.3 Å². The Morgan fingerprint density at radius 3 is 2.15 bits per heavy atom. The molecule has 0 saturated carbocycles. The molecule has 0 bridgehead atoms. The molecule has 4 aromatic rings. The van der Waals surface area contributed by atoms with Crippen molar-refractivity contribution in [3.8, 4) is 28.8 Å². The van der Waals surface area contributed by atoms with E-state index in [0.717, 1.165) is 54.0 Å². The van der Waals surface area contributed by atoms with Crippen molar-refractivity contribution in [1.29, 1.82) is 0 Å². The van der Waals surface area contributed by atoms with Crippen molar-refractivity contribution in [1.82, 2.24) is 19.6 Å². The standard InChI is InChI=1S/C38H44N4O5/c1-26-18-20-41(21-19-26)36(43)17-16-34-27(2)39-42(30-10-8-7-9-11-30)38(34)47-31-14-12-29(13-15-31)35(37(44)40(3)4)24-28-22-32(45-5)25-33(23-28)46-6/h7-15,22-26H,16-21H2,1-6H3. The van der Waals surface area contributed by atoms with Crippen LogP contribution in [-0.4, -0.2) is 72.8 Å². The second-order valence-corrected chi connectivity index (χ2v) is 12.2. The molecule has 0 aliphatic carbocycles. The smallest absolute Gasteiger partial charge is 0.253 e. The Kier molecular flexibility index (Phi) is 10.7. The molecule has 3 aromatic carbocycles. The summed E-state index contributed by atoms with van der Waals surface area (Å²) >= 11 is 0. The molecule has 47 heavy (non-hydrogen) atoms. The first-order valence-electron chi connectivity index (χ1n) is 16.0. The normalized spacial score (nSPS) is 13.7. The zero-order chi connectivity index (χ0) is 33.5. The van der Waals surface area contributed by atoms with Gasteiger partial charge in [-0.2, -0.15) is 5.10 Å². The van der Waals surface area contributed by atoms with E-state index >= 15 is 0 Å². The topological polar surface area (TPSA) is 86.1 Å². The molecule has 1 aliphatic heterocycles. The molecule has 9 nitrogen and oxygen atoms in total. The lowest BCUT2D eigenvalue weighted by Gasteiger charge is -2.30. The molecule has 2 amide bonds. The molecule has 0 spiro atoms. The summed E-state index contributed by atoms with van der Waals surface area (Å²) in [7, 11) is 6.64. The number of likely N-dealkylation sites (tertiary alicyclic amines) is 1. The van der Waals surface area contributed by atoms with E-state index in [4.69, 9.17) is 19.3 Å². The van der Waals surface area contributed by atoms with Gasteiger partial charge in [-0.3, -0.25) is 9.59 Å². The van der Waals surface area contributed by atoms with Crippen molar-refractivity contribution in [3.05, 3.63) is 95.2 Å². The maximum Gasteiger partial charge on any atom is 0.253 e. The van der Waals surface area contributed by atoms with E-state index in [1.54, 1.807) is 44.0 Å². The van der Waals surface area contributed by atoms with Crippen molar-refractivity contribution in [2.24, 2.45) is 5.92 Å². The third-order valence-corrected chi connectivity index (χ3v) is 8.56. The van der Waals surface area contributed by atoms with Crippen LogP contribution in [0.25, 0.3) is 17.3 Å². The van der Waals surface area contributed by atoms with Crippen LogP contribution in [0.15, 0.2) is 72.8 Å². The quantitative estimate of drug-likeness (QED) is 0.133. The Labute approximate surface area is 277 Å². The summed E-state index contributed by atoms with van der Waals surface area (Å²) in [6, 6.07) is 22.8. The van der Waals surface area contributed by atoms with Crippen LogP contribution in [0.3, 0.4) is 0 Å². The molecular formula is C38H44N4O5. The molecule has 0 N–H and O–H groups in total. The third kappa shape index (κ3) is 8.03. The third-order valence-electron chi connectivity index (χ3n) is 8.56. The largest absolute Gasteiger partial charge is 0.497 e. The average Bonchev–Trinajstić information content (AvgIpc) is 3.40. The molecule has 2 heterocycles. The Morgan fingerprint density at radius 1 is 0.915 bits per heavy atom. The summed E-state index contributed by atoms with van der Waals surface area (Å²) in [4.78, 5) is 30.0. The number of aryl methyl sites for hydroxylation is 1. The summed E-state index contributed by atoms with van der Waals surface area (Å²) in [5.41, 5.74) is 4.58. The molecule has 1 aliphatic rings. The van der Waals surface area contributed by atoms with Crippen LogP contribution in [-0.2, 0) is 16.0 Å². The number of hydrogen-bond acceptors (Lipinski definition) is 6. The van der Waals surface area contributed by atoms with Gasteiger partial charge >= 0.3 is 0 Å². The highest BCUT2D eigenvalue weighted by Gasteiger charge is 2.24. The number of nitrogens with zero attached hydrogens (tertiary/aromatic N) is 4. The number of ether oxygens (including phenoxy) is 3. The monoisotopic (exact) mass is 636 g/mol. The summed E-state index contributed by atoms with van der Waals surface area (Å²) in [5, 5.41) is 4.83. The zero-order valence-corrected chi connectivity index (χ0v) is 28.2. The van der Waals surface area contributed by atoms with Crippen LogP contribution in [0.5, 0.6) is 23.1 Å². The number of aromatic nitrogens is 2. The molecule has 0 radical (unpaired) electrons. The van der Waals surface area contributed by atoms with Gasteiger partial charge in [0, 0.05) is 50.8 Å². The average molecular weight is 637 g/mol. The van der Waals surface area contributed by atoms with E-state index in [1.165, 1.54) is 0 Å². The summed E-state index contributed by atoms with van der Waals surface area (Å²) in [6.07, 6.45) is 4.83. The number of hydrogen-bond donors (Lipinski definition) is 0. The van der Waals surface area contributed by atoms with Gasteiger partial charge in [0.15, 0.2) is 0 Å². The van der Waals surface area contributed by atoms with Crippen LogP contribution in [0, 0.1) is 12.8 Å². The molecule has 1 aromatic heterocycles. The predicted molar refractivity (Wildman–Crippen MR) is 184 cm³/mol. The van der Waals surface area contributed by atoms with Gasteiger partial charge < -0.3 is 24.0 Å². The number of para-hydroxylation sites is 1. The highest BCUT2D eigenvalue weighted by Crippen LogP contribution is 2.33. The van der Waals surface area contributed by atoms with Gasteiger partial charge in [0.25, 0.3) is 5.91 Å². The summed E-state index contributed by atoms with van der Waals surface area (Å²) in [6.45, 7) is 5.83. The van der Waals surface area contributed by atoms with Crippen LogP contribution in [0.1, 0.15) is 48.6 Å². The zero-order valence-electron chi connectivity index (χ0n) is 28.2. The number of carbonyl (C=O) groups is 2. The number of benzene rings is 3. The van der Waals surface area contributed by atoms with Gasteiger partial charge in [0.1, 0.15) is 17.2 Å². The maximum absolute atomic E-state index is 13.4. The first kappa shape index (κ1) is 33.3. The van der Waals surface area contributed by atoms with Gasteiger partial charge in [-0.05, 0) is 85.7 Å². The van der Waals surface area contributed by atoms with Crippen molar-refractivity contribution < 1.29 is 23.8 Å². The summed E-state index contributed by atoms with van der Waals surface area (Å²) < 4.78 is 19.2. The molecule has 1 fully saturated rings. The van der Waals surface area contributed by atoms with Crippen molar-refractivity contribution in [2.45, 2.75) is 39.5 Å². The second kappa shape index (κ2) is 15.0. The van der Waals surface area contributed by atoms with E-state index in [0.29, 0.717) is 47.5 Å². The number of piperidine rings is 1. The lowest BCUT2D eigenvalue weighted by Crippen LogP contribution is -2.38. The first-order valence-corrected chi connectivity index (χ1v) is 16.0. The first-order chi connectivity index (χ1) is 22.7. The molecule has 5 rings (SSSR count). The van der Waals surface area contributed by atoms with Crippen molar-refractivity contribution >= 4 is 23.5 Å². The Bertz CT molecular complexity index is 1700. The molecule has 0 unspecified atom stereocenters. The fourth-order valence-electron chi connectivity index (χ4n) is 5.73. The minimum absolute atomic E-state index is 0.145. The Morgan fingerprint density at radius 2 is 1.55 bits per heavy atom. The van der Waals surface area contributed by atoms with Gasteiger partial charge in [-0.25, -0.2) is 4.68 Å². The minimum Gasteiger partial charge on any atom is -0.497 e. The van der Waals surface area contributed by atoms with E-state index in [9.17, 15) is 9.59 Å². The van der Waals surface area contributed by atoms with Gasteiger partial charge in [0.2, 0.25) is 11.8 Å². The number of rotatable bonds is 11. The highest BCUT2D eigenvalue weighted by atomic mass is 16.5. The van der Waals surface area contributed by atoms with Crippen LogP contribution in [0.4, 0.5) is 0 Å². The fourth-order valence-corrected chi connectivity index (χ4v) is 5.73. The van der Waals surface area contributed by atoms with Crippen molar-refractivity contribution in [2.75, 3.05) is 41.4 Å². The SMILES string of the molecule is COc1cc(C=C(C(=O)N(C)C)c2ccc(Oc3c(CCC(=O)N4CCC(C)CC4)c(C)nn3-c3ccccc3)cc2)cc(OC)c1. The predicted octanol–water partition coefficient (Wildman–Crippen LogP) is 6.81. The van der Waals surface area contributed by atoms with Crippen molar-refractivity contribution in [3.63, 3.8) is 0 Å². The highest BCUT2D eigenvalue weighted by molar-refractivity contribution is 6.24. The van der Waals surface area contributed by atoms with Crippen LogP contribution < -0.4 is 14.2 Å². The lowest BCUT2D eigenvalue weighted by atomic mass is 9.98. The molecular weight excluding hydrogens is 592 g/mol. The second-order valence-electron chi connectivity index (χ2n) is 12.2. The number of methoxy groups -OCH3 is 2. The number of carbonyl (C=O) groups excluding carboxylic acids is 2. The number of likely N-dealkylation sites (N-methyl/N-ethyl adjacent to an activating group) is 1. The van der Waals surface area contributed by atoms with Gasteiger partial charge in [0.05, 0.1) is 25.6 Å². The Hall–Kier alpha value is -5.05. The maximum atomic E-state index is 13.4. The van der Waals surface area contributed by atoms with Crippen LogP contribution in [0.2, 0.25) is 0 Å². The Balaban J connectivity index is 1.45. The van der Waals surface area contributed by atoms with E-state index in [2.05, 4.69) is 6.92 Å².